The first kappa shape index (κ1) is 12.5. The lowest BCUT2D eigenvalue weighted by Crippen LogP contribution is -2.16. The molecule has 3 nitrogen and oxygen atoms in total. The smallest absolute Gasteiger partial charge is 0.188 e. The monoisotopic (exact) mass is 257 g/mol. The third kappa shape index (κ3) is 2.88. The zero-order valence-corrected chi connectivity index (χ0v) is 11.2. The van der Waals surface area contributed by atoms with Gasteiger partial charge in [0.15, 0.2) is 6.79 Å². The van der Waals surface area contributed by atoms with Crippen LogP contribution in [0.4, 0.5) is 0 Å². The molecule has 2 aromatic carbocycles. The molecule has 0 bridgehead atoms. The molecule has 3 heteroatoms. The maximum absolute atomic E-state index is 5.68. The van der Waals surface area contributed by atoms with Crippen molar-refractivity contribution in [3.63, 3.8) is 0 Å². The van der Waals surface area contributed by atoms with E-state index in [9.17, 15) is 0 Å². The Morgan fingerprint density at radius 1 is 1.16 bits per heavy atom. The standard InChI is InChI=1S/C16H19NO2/c1-18-11-19-16-9-6-12-4-2-3-5-14(12)15(16)10-17-13-7-8-13/h2-6,9,13,17H,7-8,10-11H2,1H3. The lowest BCUT2D eigenvalue weighted by atomic mass is 10.0. The maximum Gasteiger partial charge on any atom is 0.188 e. The van der Waals surface area contributed by atoms with Crippen molar-refractivity contribution in [2.45, 2.75) is 25.4 Å². The van der Waals surface area contributed by atoms with Crippen molar-refractivity contribution in [2.24, 2.45) is 0 Å². The molecular weight excluding hydrogens is 238 g/mol. The second-order valence-corrected chi connectivity index (χ2v) is 4.97. The Balaban J connectivity index is 1.94. The van der Waals surface area contributed by atoms with Crippen LogP contribution in [0.25, 0.3) is 10.8 Å². The number of hydrogen-bond donors (Lipinski definition) is 1. The van der Waals surface area contributed by atoms with Crippen LogP contribution in [0.3, 0.4) is 0 Å². The summed E-state index contributed by atoms with van der Waals surface area (Å²) in [6, 6.07) is 13.2. The van der Waals surface area contributed by atoms with E-state index in [1.165, 1.54) is 29.2 Å². The van der Waals surface area contributed by atoms with Gasteiger partial charge < -0.3 is 14.8 Å². The van der Waals surface area contributed by atoms with Gasteiger partial charge in [-0.25, -0.2) is 0 Å². The molecule has 0 saturated heterocycles. The minimum atomic E-state index is 0.286. The summed E-state index contributed by atoms with van der Waals surface area (Å²) in [5.74, 6) is 0.911. The topological polar surface area (TPSA) is 30.5 Å². The molecule has 1 N–H and O–H groups in total. The van der Waals surface area contributed by atoms with Gasteiger partial charge in [0.2, 0.25) is 0 Å². The summed E-state index contributed by atoms with van der Waals surface area (Å²) >= 11 is 0. The predicted molar refractivity (Wildman–Crippen MR) is 76.3 cm³/mol. The minimum absolute atomic E-state index is 0.286. The highest BCUT2D eigenvalue weighted by atomic mass is 16.7. The van der Waals surface area contributed by atoms with E-state index >= 15 is 0 Å². The number of rotatable bonds is 6. The van der Waals surface area contributed by atoms with Crippen LogP contribution >= 0.6 is 0 Å². The average Bonchev–Trinajstić information content (AvgIpc) is 3.27. The van der Waals surface area contributed by atoms with Crippen LogP contribution in [-0.4, -0.2) is 19.9 Å². The molecule has 0 aliphatic heterocycles. The Bertz CT molecular complexity index is 564. The van der Waals surface area contributed by atoms with E-state index in [0.29, 0.717) is 6.04 Å². The van der Waals surface area contributed by atoms with Crippen LogP contribution in [0, 0.1) is 0 Å². The van der Waals surface area contributed by atoms with Crippen LogP contribution in [-0.2, 0) is 11.3 Å². The summed E-state index contributed by atoms with van der Waals surface area (Å²) in [6.45, 7) is 1.14. The molecule has 2 aromatic rings. The molecule has 0 unspecified atom stereocenters. The summed E-state index contributed by atoms with van der Waals surface area (Å²) in [5.41, 5.74) is 1.22. The highest BCUT2D eigenvalue weighted by molar-refractivity contribution is 5.87. The Hall–Kier alpha value is -1.58. The lowest BCUT2D eigenvalue weighted by molar-refractivity contribution is 0.0505. The van der Waals surface area contributed by atoms with Gasteiger partial charge >= 0.3 is 0 Å². The van der Waals surface area contributed by atoms with Gasteiger partial charge in [-0.15, -0.1) is 0 Å². The normalized spacial score (nSPS) is 14.8. The number of fused-ring (bicyclic) bond motifs is 1. The van der Waals surface area contributed by atoms with Gasteiger partial charge in [-0.1, -0.05) is 30.3 Å². The SMILES string of the molecule is COCOc1ccc2ccccc2c1CNC1CC1. The van der Waals surface area contributed by atoms with Crippen LogP contribution in [0.15, 0.2) is 36.4 Å². The first-order valence-electron chi connectivity index (χ1n) is 6.74. The van der Waals surface area contributed by atoms with Gasteiger partial charge in [0.25, 0.3) is 0 Å². The molecule has 19 heavy (non-hydrogen) atoms. The number of nitrogens with one attached hydrogen (secondary N) is 1. The molecule has 3 rings (SSSR count). The fourth-order valence-electron chi connectivity index (χ4n) is 2.29. The average molecular weight is 257 g/mol. The van der Waals surface area contributed by atoms with E-state index in [1.54, 1.807) is 7.11 Å². The molecule has 0 spiro atoms. The highest BCUT2D eigenvalue weighted by Gasteiger charge is 2.21. The van der Waals surface area contributed by atoms with E-state index < -0.39 is 0 Å². The largest absolute Gasteiger partial charge is 0.467 e. The van der Waals surface area contributed by atoms with Gasteiger partial charge in [0, 0.05) is 25.3 Å². The van der Waals surface area contributed by atoms with Crippen molar-refractivity contribution in [1.29, 1.82) is 0 Å². The first-order valence-corrected chi connectivity index (χ1v) is 6.74. The molecule has 0 aromatic heterocycles. The summed E-state index contributed by atoms with van der Waals surface area (Å²) in [4.78, 5) is 0. The van der Waals surface area contributed by atoms with Crippen molar-refractivity contribution in [3.8, 4) is 5.75 Å². The van der Waals surface area contributed by atoms with Gasteiger partial charge in [0.05, 0.1) is 0 Å². The lowest BCUT2D eigenvalue weighted by Gasteiger charge is -2.14. The van der Waals surface area contributed by atoms with Crippen LogP contribution in [0.5, 0.6) is 5.75 Å². The van der Waals surface area contributed by atoms with Gasteiger partial charge in [-0.05, 0) is 29.7 Å². The Labute approximate surface area is 113 Å². The molecule has 1 saturated carbocycles. The van der Waals surface area contributed by atoms with Crippen LogP contribution < -0.4 is 10.1 Å². The van der Waals surface area contributed by atoms with E-state index in [1.807, 2.05) is 6.07 Å². The Morgan fingerprint density at radius 3 is 2.79 bits per heavy atom. The molecule has 0 amide bonds. The molecule has 0 atom stereocenters. The minimum Gasteiger partial charge on any atom is -0.467 e. The van der Waals surface area contributed by atoms with E-state index in [-0.39, 0.29) is 6.79 Å². The molecule has 1 fully saturated rings. The van der Waals surface area contributed by atoms with E-state index in [2.05, 4.69) is 35.6 Å². The molecular formula is C16H19NO2. The van der Waals surface area contributed by atoms with Crippen molar-refractivity contribution < 1.29 is 9.47 Å². The molecule has 100 valence electrons. The van der Waals surface area contributed by atoms with Gasteiger partial charge in [-0.3, -0.25) is 0 Å². The second kappa shape index (κ2) is 5.59. The number of methoxy groups -OCH3 is 1. The van der Waals surface area contributed by atoms with Gasteiger partial charge in [0.1, 0.15) is 5.75 Å². The fraction of sp³-hybridized carbons (Fsp3) is 0.375. The third-order valence-corrected chi connectivity index (χ3v) is 3.47. The zero-order chi connectivity index (χ0) is 13.1. The molecule has 0 radical (unpaired) electrons. The zero-order valence-electron chi connectivity index (χ0n) is 11.2. The quantitative estimate of drug-likeness (QED) is 0.807. The first-order chi connectivity index (χ1) is 9.38. The third-order valence-electron chi connectivity index (χ3n) is 3.47. The number of ether oxygens (including phenoxy) is 2. The van der Waals surface area contributed by atoms with Crippen LogP contribution in [0.1, 0.15) is 18.4 Å². The van der Waals surface area contributed by atoms with Crippen molar-refractivity contribution in [3.05, 3.63) is 42.0 Å². The van der Waals surface area contributed by atoms with E-state index in [0.717, 1.165) is 12.3 Å². The molecule has 1 aliphatic rings. The summed E-state index contributed by atoms with van der Waals surface area (Å²) < 4.78 is 10.7. The maximum atomic E-state index is 5.68. The number of hydrogen-bond acceptors (Lipinski definition) is 3. The van der Waals surface area contributed by atoms with Crippen molar-refractivity contribution in [2.75, 3.05) is 13.9 Å². The fourth-order valence-corrected chi connectivity index (χ4v) is 2.29. The van der Waals surface area contributed by atoms with Crippen LogP contribution in [0.2, 0.25) is 0 Å². The van der Waals surface area contributed by atoms with Crippen molar-refractivity contribution in [1.82, 2.24) is 5.32 Å². The van der Waals surface area contributed by atoms with E-state index in [4.69, 9.17) is 9.47 Å². The Kier molecular flexibility index (Phi) is 3.67. The summed E-state index contributed by atoms with van der Waals surface area (Å²) in [6.07, 6.45) is 2.58. The highest BCUT2D eigenvalue weighted by Crippen LogP contribution is 2.29. The van der Waals surface area contributed by atoms with Crippen molar-refractivity contribution >= 4 is 10.8 Å². The predicted octanol–water partition coefficient (Wildman–Crippen LogP) is 3.07. The van der Waals surface area contributed by atoms with Gasteiger partial charge in [-0.2, -0.15) is 0 Å². The Morgan fingerprint density at radius 2 is 2.00 bits per heavy atom. The second-order valence-electron chi connectivity index (χ2n) is 4.97. The number of benzene rings is 2. The molecule has 1 aliphatic carbocycles. The molecule has 0 heterocycles. The summed E-state index contributed by atoms with van der Waals surface area (Å²) in [7, 11) is 1.64. The summed E-state index contributed by atoms with van der Waals surface area (Å²) in [5, 5.41) is 6.06.